The quantitative estimate of drug-likeness (QED) is 0.351. The van der Waals surface area contributed by atoms with E-state index >= 15 is 0 Å². The maximum Gasteiger partial charge on any atom is 0.221 e. The lowest BCUT2D eigenvalue weighted by Gasteiger charge is -2.29. The van der Waals surface area contributed by atoms with Gasteiger partial charge in [0.15, 0.2) is 5.11 Å². The van der Waals surface area contributed by atoms with E-state index in [0.29, 0.717) is 16.5 Å². The van der Waals surface area contributed by atoms with Gasteiger partial charge in [0, 0.05) is 36.4 Å². The van der Waals surface area contributed by atoms with Crippen LogP contribution in [0.2, 0.25) is 0 Å². The van der Waals surface area contributed by atoms with Crippen LogP contribution in [0.4, 0.5) is 11.4 Å². The highest BCUT2D eigenvalue weighted by atomic mass is 32.1. The number of methoxy groups -OCH3 is 1. The molecule has 0 bridgehead atoms. The Labute approximate surface area is 215 Å². The fourth-order valence-electron chi connectivity index (χ4n) is 4.75. The molecule has 1 aliphatic rings. The zero-order valence-corrected chi connectivity index (χ0v) is 21.1. The number of carbonyl (C=O) groups is 1. The number of nitrogens with one attached hydrogen (secondary N) is 2. The second-order valence-corrected chi connectivity index (χ2v) is 9.04. The number of para-hydroxylation sites is 1. The SMILES string of the molecule is COc1ccc(N2C(=S)N[C@@H](c3ccccn3)[C@H]2c2cccn2-c2ccccc2C)cc1NC(C)=O. The second kappa shape index (κ2) is 9.83. The van der Waals surface area contributed by atoms with Crippen molar-refractivity contribution in [2.75, 3.05) is 17.3 Å². The van der Waals surface area contributed by atoms with Crippen LogP contribution >= 0.6 is 12.2 Å². The fourth-order valence-corrected chi connectivity index (χ4v) is 5.10. The number of anilines is 2. The van der Waals surface area contributed by atoms with Gasteiger partial charge in [-0.1, -0.05) is 24.3 Å². The van der Waals surface area contributed by atoms with Crippen molar-refractivity contribution in [1.29, 1.82) is 0 Å². The molecule has 1 amide bonds. The van der Waals surface area contributed by atoms with E-state index in [9.17, 15) is 4.79 Å². The van der Waals surface area contributed by atoms with Crippen molar-refractivity contribution in [1.82, 2.24) is 14.9 Å². The Balaban J connectivity index is 1.67. The van der Waals surface area contributed by atoms with Crippen LogP contribution in [0.25, 0.3) is 5.69 Å². The number of aromatic nitrogens is 2. The molecule has 2 aromatic carbocycles. The van der Waals surface area contributed by atoms with Crippen molar-refractivity contribution in [2.45, 2.75) is 25.9 Å². The van der Waals surface area contributed by atoms with Gasteiger partial charge in [0.25, 0.3) is 0 Å². The predicted molar refractivity (Wildman–Crippen MR) is 146 cm³/mol. The van der Waals surface area contributed by atoms with Gasteiger partial charge in [0.2, 0.25) is 5.91 Å². The number of hydrogen-bond donors (Lipinski definition) is 2. The summed E-state index contributed by atoms with van der Waals surface area (Å²) in [5.41, 5.74) is 5.63. The maximum absolute atomic E-state index is 11.9. The third-order valence-electron chi connectivity index (χ3n) is 6.33. The lowest BCUT2D eigenvalue weighted by Crippen LogP contribution is -2.30. The van der Waals surface area contributed by atoms with Gasteiger partial charge >= 0.3 is 0 Å². The summed E-state index contributed by atoms with van der Waals surface area (Å²) < 4.78 is 7.68. The first-order valence-electron chi connectivity index (χ1n) is 11.7. The molecule has 1 fully saturated rings. The van der Waals surface area contributed by atoms with Crippen LogP contribution in [0.5, 0.6) is 5.75 Å². The van der Waals surface area contributed by atoms with E-state index in [2.05, 4.69) is 56.4 Å². The first-order chi connectivity index (χ1) is 17.5. The molecule has 182 valence electrons. The summed E-state index contributed by atoms with van der Waals surface area (Å²) in [5, 5.41) is 6.95. The Hall–Kier alpha value is -4.17. The summed E-state index contributed by atoms with van der Waals surface area (Å²) >= 11 is 5.89. The Morgan fingerprint density at radius 1 is 1.08 bits per heavy atom. The Bertz CT molecular complexity index is 1420. The van der Waals surface area contributed by atoms with E-state index in [1.165, 1.54) is 12.5 Å². The number of pyridine rings is 1. The van der Waals surface area contributed by atoms with E-state index in [-0.39, 0.29) is 18.0 Å². The standard InChI is InChI=1S/C28H27N5O2S/c1-18-9-4-5-11-23(18)32-16-8-12-24(32)27-26(21-10-6-7-15-29-21)31-28(36)33(27)20-13-14-25(35-3)22(17-20)30-19(2)34/h4-17,26-27H,1-3H3,(H,30,34)(H,31,36)/t26-,27+/m0/s1. The molecule has 2 N–H and O–H groups in total. The van der Waals surface area contributed by atoms with Crippen molar-refractivity contribution in [3.8, 4) is 11.4 Å². The molecule has 8 heteroatoms. The van der Waals surface area contributed by atoms with Gasteiger partial charge in [-0.05, 0) is 73.2 Å². The molecule has 2 atom stereocenters. The van der Waals surface area contributed by atoms with Gasteiger partial charge < -0.3 is 24.8 Å². The number of aryl methyl sites for hydroxylation is 1. The molecule has 4 aromatic rings. The number of rotatable bonds is 6. The average molecular weight is 498 g/mol. The van der Waals surface area contributed by atoms with Crippen LogP contribution in [0, 0.1) is 6.92 Å². The van der Waals surface area contributed by atoms with E-state index < -0.39 is 0 Å². The smallest absolute Gasteiger partial charge is 0.221 e. The Morgan fingerprint density at radius 3 is 2.61 bits per heavy atom. The highest BCUT2D eigenvalue weighted by Crippen LogP contribution is 2.44. The zero-order chi connectivity index (χ0) is 25.2. The zero-order valence-electron chi connectivity index (χ0n) is 20.3. The van der Waals surface area contributed by atoms with Gasteiger partial charge in [-0.3, -0.25) is 9.78 Å². The summed E-state index contributed by atoms with van der Waals surface area (Å²) in [6, 6.07) is 23.6. The van der Waals surface area contributed by atoms with Crippen molar-refractivity contribution in [3.63, 3.8) is 0 Å². The van der Waals surface area contributed by atoms with Crippen LogP contribution in [-0.4, -0.2) is 27.7 Å². The van der Waals surface area contributed by atoms with Crippen LogP contribution in [0.15, 0.2) is 85.2 Å². The second-order valence-electron chi connectivity index (χ2n) is 8.65. The highest BCUT2D eigenvalue weighted by molar-refractivity contribution is 7.80. The molecule has 0 unspecified atom stereocenters. The molecule has 7 nitrogen and oxygen atoms in total. The minimum absolute atomic E-state index is 0.177. The van der Waals surface area contributed by atoms with E-state index in [1.54, 1.807) is 13.3 Å². The number of hydrogen-bond acceptors (Lipinski definition) is 4. The number of thiocarbonyl (C=S) groups is 1. The van der Waals surface area contributed by atoms with E-state index in [0.717, 1.165) is 22.8 Å². The van der Waals surface area contributed by atoms with Crippen LogP contribution < -0.4 is 20.3 Å². The van der Waals surface area contributed by atoms with Crippen molar-refractivity contribution in [2.24, 2.45) is 0 Å². The van der Waals surface area contributed by atoms with Crippen LogP contribution in [-0.2, 0) is 4.79 Å². The van der Waals surface area contributed by atoms with Crippen molar-refractivity contribution in [3.05, 3.63) is 102 Å². The van der Waals surface area contributed by atoms with Gasteiger partial charge in [0.1, 0.15) is 11.8 Å². The normalized spacial score (nSPS) is 17.1. The van der Waals surface area contributed by atoms with Gasteiger partial charge in [-0.15, -0.1) is 0 Å². The molecule has 3 heterocycles. The monoisotopic (exact) mass is 497 g/mol. The number of nitrogens with zero attached hydrogens (tertiary/aromatic N) is 3. The molecule has 1 aliphatic heterocycles. The molecule has 0 spiro atoms. The molecule has 0 aliphatic carbocycles. The molecule has 36 heavy (non-hydrogen) atoms. The van der Waals surface area contributed by atoms with Gasteiger partial charge in [-0.2, -0.15) is 0 Å². The highest BCUT2D eigenvalue weighted by Gasteiger charge is 2.42. The molecular formula is C28H27N5O2S. The number of amides is 1. The molecule has 2 aromatic heterocycles. The van der Waals surface area contributed by atoms with E-state index in [1.807, 2.05) is 54.6 Å². The van der Waals surface area contributed by atoms with E-state index in [4.69, 9.17) is 17.0 Å². The van der Waals surface area contributed by atoms with Crippen LogP contribution in [0.3, 0.4) is 0 Å². The largest absolute Gasteiger partial charge is 0.495 e. The van der Waals surface area contributed by atoms with Crippen LogP contribution in [0.1, 0.15) is 36.0 Å². The summed E-state index contributed by atoms with van der Waals surface area (Å²) in [6.45, 7) is 3.58. The first kappa shape index (κ1) is 23.6. The topological polar surface area (TPSA) is 71.4 Å². The maximum atomic E-state index is 11.9. The molecular weight excluding hydrogens is 470 g/mol. The minimum atomic E-state index is -0.208. The van der Waals surface area contributed by atoms with Crippen molar-refractivity contribution < 1.29 is 9.53 Å². The number of carbonyl (C=O) groups excluding carboxylic acids is 1. The predicted octanol–water partition coefficient (Wildman–Crippen LogP) is 5.32. The first-order valence-corrected chi connectivity index (χ1v) is 12.1. The fraction of sp³-hybridized carbons (Fsp3) is 0.179. The minimum Gasteiger partial charge on any atom is -0.495 e. The Kier molecular flexibility index (Phi) is 6.43. The molecule has 0 radical (unpaired) electrons. The summed E-state index contributed by atoms with van der Waals surface area (Å²) in [7, 11) is 1.58. The molecule has 0 saturated carbocycles. The summed E-state index contributed by atoms with van der Waals surface area (Å²) in [6.07, 6.45) is 3.87. The lowest BCUT2D eigenvalue weighted by molar-refractivity contribution is -0.114. The summed E-state index contributed by atoms with van der Waals surface area (Å²) in [5.74, 6) is 0.400. The van der Waals surface area contributed by atoms with Gasteiger partial charge in [0.05, 0.1) is 24.5 Å². The molecule has 1 saturated heterocycles. The third-order valence-corrected chi connectivity index (χ3v) is 6.64. The third kappa shape index (κ3) is 4.31. The average Bonchev–Trinajstić information content (AvgIpc) is 3.48. The number of benzene rings is 2. The summed E-state index contributed by atoms with van der Waals surface area (Å²) in [4.78, 5) is 18.6. The molecule has 5 rings (SSSR count). The van der Waals surface area contributed by atoms with Gasteiger partial charge in [-0.25, -0.2) is 0 Å². The number of ether oxygens (including phenoxy) is 1. The van der Waals surface area contributed by atoms with Crippen molar-refractivity contribution >= 4 is 34.6 Å². The Morgan fingerprint density at radius 2 is 1.89 bits per heavy atom. The lowest BCUT2D eigenvalue weighted by atomic mass is 10.0.